The van der Waals surface area contributed by atoms with Gasteiger partial charge in [-0.25, -0.2) is 0 Å². The number of benzene rings is 1. The maximum absolute atomic E-state index is 12.6. The fourth-order valence-corrected chi connectivity index (χ4v) is 3.66. The molecule has 158 valence electrons. The standard InChI is InChI=1S/C21H29N3O5/c1-12(2)17(22-20(25)13-8-6-7-9-13)21-23-19(24-29-21)14-10-15(26-3)18(28-5)16(11-14)27-4/h10-13,17H,6-9H2,1-5H3,(H,22,25)/t17-/m0/s1. The SMILES string of the molecule is COc1cc(-c2noc([C@@H](NC(=O)C3CCCC3)C(C)C)n2)cc(OC)c1OC. The Morgan fingerprint density at radius 3 is 2.24 bits per heavy atom. The van der Waals surface area contributed by atoms with Crippen molar-refractivity contribution >= 4 is 5.91 Å². The molecule has 3 rings (SSSR count). The van der Waals surface area contributed by atoms with Gasteiger partial charge in [-0.1, -0.05) is 31.8 Å². The van der Waals surface area contributed by atoms with Crippen molar-refractivity contribution in [1.29, 1.82) is 0 Å². The zero-order valence-electron chi connectivity index (χ0n) is 17.7. The maximum Gasteiger partial charge on any atom is 0.249 e. The molecule has 1 aromatic carbocycles. The Bertz CT molecular complexity index is 818. The van der Waals surface area contributed by atoms with E-state index >= 15 is 0 Å². The van der Waals surface area contributed by atoms with Crippen LogP contribution >= 0.6 is 0 Å². The van der Waals surface area contributed by atoms with Crippen LogP contribution < -0.4 is 19.5 Å². The van der Waals surface area contributed by atoms with Crippen molar-refractivity contribution in [3.63, 3.8) is 0 Å². The first-order chi connectivity index (χ1) is 14.0. The Balaban J connectivity index is 1.87. The number of carbonyl (C=O) groups is 1. The average molecular weight is 403 g/mol. The third-order valence-corrected chi connectivity index (χ3v) is 5.32. The van der Waals surface area contributed by atoms with Crippen LogP contribution in [-0.2, 0) is 4.79 Å². The summed E-state index contributed by atoms with van der Waals surface area (Å²) in [5.74, 6) is 2.52. The van der Waals surface area contributed by atoms with Crippen LogP contribution in [0.3, 0.4) is 0 Å². The second-order valence-corrected chi connectivity index (χ2v) is 7.58. The molecule has 1 saturated carbocycles. The lowest BCUT2D eigenvalue weighted by Gasteiger charge is -2.20. The van der Waals surface area contributed by atoms with Crippen LogP contribution in [0.1, 0.15) is 51.5 Å². The second-order valence-electron chi connectivity index (χ2n) is 7.58. The first-order valence-electron chi connectivity index (χ1n) is 9.92. The number of hydrogen-bond donors (Lipinski definition) is 1. The molecule has 1 aromatic heterocycles. The van der Waals surface area contributed by atoms with E-state index in [-0.39, 0.29) is 23.8 Å². The van der Waals surface area contributed by atoms with E-state index in [0.29, 0.717) is 34.5 Å². The van der Waals surface area contributed by atoms with Gasteiger partial charge in [0.2, 0.25) is 23.4 Å². The highest BCUT2D eigenvalue weighted by atomic mass is 16.5. The van der Waals surface area contributed by atoms with Gasteiger partial charge in [0.05, 0.1) is 21.3 Å². The van der Waals surface area contributed by atoms with Crippen molar-refractivity contribution in [1.82, 2.24) is 15.5 Å². The number of amides is 1. The number of carbonyl (C=O) groups excluding carboxylic acids is 1. The van der Waals surface area contributed by atoms with Crippen molar-refractivity contribution in [2.24, 2.45) is 11.8 Å². The molecule has 8 nitrogen and oxygen atoms in total. The largest absolute Gasteiger partial charge is 0.493 e. The molecule has 29 heavy (non-hydrogen) atoms. The van der Waals surface area contributed by atoms with Crippen molar-refractivity contribution in [3.8, 4) is 28.6 Å². The van der Waals surface area contributed by atoms with Gasteiger partial charge in [-0.15, -0.1) is 0 Å². The summed E-state index contributed by atoms with van der Waals surface area (Å²) in [5.41, 5.74) is 0.666. The second kappa shape index (κ2) is 9.15. The van der Waals surface area contributed by atoms with Gasteiger partial charge in [-0.3, -0.25) is 4.79 Å². The van der Waals surface area contributed by atoms with E-state index in [9.17, 15) is 4.79 Å². The molecule has 1 amide bonds. The van der Waals surface area contributed by atoms with Crippen LogP contribution in [-0.4, -0.2) is 37.4 Å². The summed E-state index contributed by atoms with van der Waals surface area (Å²) < 4.78 is 21.7. The molecule has 1 fully saturated rings. The van der Waals surface area contributed by atoms with E-state index in [1.54, 1.807) is 33.5 Å². The minimum Gasteiger partial charge on any atom is -0.493 e. The number of rotatable bonds is 8. The number of hydrogen-bond acceptors (Lipinski definition) is 7. The molecular formula is C21H29N3O5. The molecule has 8 heteroatoms. The van der Waals surface area contributed by atoms with E-state index in [2.05, 4.69) is 15.5 Å². The molecule has 1 atom stereocenters. The maximum atomic E-state index is 12.6. The highest BCUT2D eigenvalue weighted by molar-refractivity contribution is 5.79. The number of methoxy groups -OCH3 is 3. The zero-order valence-corrected chi connectivity index (χ0v) is 17.7. The molecule has 1 heterocycles. The van der Waals surface area contributed by atoms with E-state index < -0.39 is 0 Å². The molecular weight excluding hydrogens is 374 g/mol. The lowest BCUT2D eigenvalue weighted by molar-refractivity contribution is -0.126. The Hall–Kier alpha value is -2.77. The van der Waals surface area contributed by atoms with Crippen LogP contribution in [0.4, 0.5) is 0 Å². The number of ether oxygens (including phenoxy) is 3. The predicted molar refractivity (Wildman–Crippen MR) is 107 cm³/mol. The minimum absolute atomic E-state index is 0.0636. The van der Waals surface area contributed by atoms with Crippen LogP contribution in [0.2, 0.25) is 0 Å². The van der Waals surface area contributed by atoms with Crippen molar-refractivity contribution in [3.05, 3.63) is 18.0 Å². The number of nitrogens with zero attached hydrogens (tertiary/aromatic N) is 2. The first kappa shape index (κ1) is 21.0. The molecule has 1 N–H and O–H groups in total. The van der Waals surface area contributed by atoms with E-state index in [0.717, 1.165) is 25.7 Å². The molecule has 0 spiro atoms. The van der Waals surface area contributed by atoms with E-state index in [1.807, 2.05) is 13.8 Å². The van der Waals surface area contributed by atoms with Crippen molar-refractivity contribution < 1.29 is 23.5 Å². The van der Waals surface area contributed by atoms with Gasteiger partial charge in [-0.2, -0.15) is 4.98 Å². The molecule has 1 aliphatic rings. The van der Waals surface area contributed by atoms with Crippen molar-refractivity contribution in [2.45, 2.75) is 45.6 Å². The highest BCUT2D eigenvalue weighted by Gasteiger charge is 2.30. The third-order valence-electron chi connectivity index (χ3n) is 5.32. The Morgan fingerprint density at radius 1 is 1.10 bits per heavy atom. The zero-order chi connectivity index (χ0) is 21.0. The summed E-state index contributed by atoms with van der Waals surface area (Å²) in [4.78, 5) is 17.1. The quantitative estimate of drug-likeness (QED) is 0.717. The van der Waals surface area contributed by atoms with Gasteiger partial charge in [0.1, 0.15) is 6.04 Å². The number of nitrogens with one attached hydrogen (secondary N) is 1. The summed E-state index contributed by atoms with van der Waals surface area (Å²) in [6.45, 7) is 4.03. The minimum atomic E-state index is -0.341. The van der Waals surface area contributed by atoms with Gasteiger partial charge >= 0.3 is 0 Å². The fraction of sp³-hybridized carbons (Fsp3) is 0.571. The molecule has 0 aliphatic heterocycles. The Labute approximate surface area is 170 Å². The third kappa shape index (κ3) is 4.46. The summed E-state index contributed by atoms with van der Waals surface area (Å²) >= 11 is 0. The van der Waals surface area contributed by atoms with Crippen LogP contribution in [0.5, 0.6) is 17.2 Å². The van der Waals surface area contributed by atoms with Gasteiger partial charge < -0.3 is 24.1 Å². The summed E-state index contributed by atoms with van der Waals surface area (Å²) in [6.07, 6.45) is 4.10. The van der Waals surface area contributed by atoms with Crippen LogP contribution in [0.15, 0.2) is 16.7 Å². The molecule has 1 aliphatic carbocycles. The molecule has 0 saturated heterocycles. The molecule has 2 aromatic rings. The molecule has 0 unspecified atom stereocenters. The smallest absolute Gasteiger partial charge is 0.249 e. The first-order valence-corrected chi connectivity index (χ1v) is 9.92. The monoisotopic (exact) mass is 403 g/mol. The lowest BCUT2D eigenvalue weighted by Crippen LogP contribution is -2.35. The Morgan fingerprint density at radius 2 is 1.72 bits per heavy atom. The van der Waals surface area contributed by atoms with Crippen LogP contribution in [0, 0.1) is 11.8 Å². The molecule has 0 radical (unpaired) electrons. The highest BCUT2D eigenvalue weighted by Crippen LogP contribution is 2.40. The Kier molecular flexibility index (Phi) is 6.61. The average Bonchev–Trinajstić information content (AvgIpc) is 3.42. The lowest BCUT2D eigenvalue weighted by atomic mass is 10.0. The van der Waals surface area contributed by atoms with Gasteiger partial charge in [-0.05, 0) is 30.9 Å². The van der Waals surface area contributed by atoms with E-state index in [4.69, 9.17) is 18.7 Å². The molecule has 0 bridgehead atoms. The van der Waals surface area contributed by atoms with Crippen LogP contribution in [0.25, 0.3) is 11.4 Å². The predicted octanol–water partition coefficient (Wildman–Crippen LogP) is 3.77. The van der Waals surface area contributed by atoms with E-state index in [1.165, 1.54) is 0 Å². The van der Waals surface area contributed by atoms with Gasteiger partial charge in [0, 0.05) is 11.5 Å². The number of aromatic nitrogens is 2. The summed E-state index contributed by atoms with van der Waals surface area (Å²) in [6, 6.07) is 3.18. The summed E-state index contributed by atoms with van der Waals surface area (Å²) in [5, 5.41) is 7.21. The fourth-order valence-electron chi connectivity index (χ4n) is 3.66. The van der Waals surface area contributed by atoms with Gasteiger partial charge in [0.25, 0.3) is 0 Å². The topological polar surface area (TPSA) is 95.7 Å². The normalized spacial score (nSPS) is 15.4. The van der Waals surface area contributed by atoms with Crippen molar-refractivity contribution in [2.75, 3.05) is 21.3 Å². The summed E-state index contributed by atoms with van der Waals surface area (Å²) in [7, 11) is 4.65. The van der Waals surface area contributed by atoms with Gasteiger partial charge in [0.15, 0.2) is 11.5 Å².